The third-order valence-corrected chi connectivity index (χ3v) is 2.12. The zero-order chi connectivity index (χ0) is 10.3. The second kappa shape index (κ2) is 7.30. The predicted octanol–water partition coefficient (Wildman–Crippen LogP) is 0.674. The van der Waals surface area contributed by atoms with Gasteiger partial charge < -0.3 is 15.7 Å². The van der Waals surface area contributed by atoms with E-state index in [1.165, 1.54) is 12.8 Å². The van der Waals surface area contributed by atoms with Gasteiger partial charge in [0, 0.05) is 13.1 Å². The molecule has 1 unspecified atom stereocenters. The van der Waals surface area contributed by atoms with Gasteiger partial charge in [0.05, 0.1) is 6.10 Å². The maximum Gasteiger partial charge on any atom is 0.0788 e. The van der Waals surface area contributed by atoms with Gasteiger partial charge in [0.2, 0.25) is 0 Å². The predicted molar refractivity (Wildman–Crippen MR) is 56.6 cm³/mol. The fourth-order valence-corrected chi connectivity index (χ4v) is 1.30. The largest absolute Gasteiger partial charge is 0.390 e. The molecular formula is C10H24N2O. The lowest BCUT2D eigenvalue weighted by atomic mass is 10.1. The van der Waals surface area contributed by atoms with Gasteiger partial charge in [-0.05, 0) is 32.4 Å². The van der Waals surface area contributed by atoms with Crippen LogP contribution in [-0.4, -0.2) is 42.8 Å². The number of aliphatic hydroxyl groups excluding tert-OH is 1. The van der Waals surface area contributed by atoms with Crippen molar-refractivity contribution in [3.8, 4) is 0 Å². The Morgan fingerprint density at radius 2 is 2.00 bits per heavy atom. The first kappa shape index (κ1) is 12.9. The normalized spacial score (nSPS) is 14.1. The summed E-state index contributed by atoms with van der Waals surface area (Å²) >= 11 is 0. The summed E-state index contributed by atoms with van der Waals surface area (Å²) in [4.78, 5) is 2.14. The van der Waals surface area contributed by atoms with Gasteiger partial charge in [-0.3, -0.25) is 0 Å². The lowest BCUT2D eigenvalue weighted by Crippen LogP contribution is -2.34. The molecule has 0 aliphatic heterocycles. The maximum atomic E-state index is 9.27. The van der Waals surface area contributed by atoms with Gasteiger partial charge in [0.15, 0.2) is 0 Å². The van der Waals surface area contributed by atoms with Crippen LogP contribution in [-0.2, 0) is 0 Å². The van der Waals surface area contributed by atoms with Crippen molar-refractivity contribution < 1.29 is 5.11 Å². The summed E-state index contributed by atoms with van der Waals surface area (Å²) in [5.41, 5.74) is 5.32. The van der Waals surface area contributed by atoms with E-state index in [9.17, 15) is 5.11 Å². The molecule has 0 aliphatic rings. The van der Waals surface area contributed by atoms with Crippen LogP contribution < -0.4 is 5.73 Å². The molecule has 0 fully saturated rings. The molecule has 13 heavy (non-hydrogen) atoms. The molecule has 0 heterocycles. The van der Waals surface area contributed by atoms with E-state index in [1.807, 2.05) is 7.05 Å². The van der Waals surface area contributed by atoms with Gasteiger partial charge in [0.1, 0.15) is 0 Å². The van der Waals surface area contributed by atoms with Gasteiger partial charge in [-0.1, -0.05) is 13.8 Å². The van der Waals surface area contributed by atoms with Crippen molar-refractivity contribution in [1.29, 1.82) is 0 Å². The molecule has 0 aromatic rings. The van der Waals surface area contributed by atoms with Crippen LogP contribution in [0.1, 0.15) is 26.7 Å². The molecule has 0 aromatic heterocycles. The van der Waals surface area contributed by atoms with Gasteiger partial charge in [0.25, 0.3) is 0 Å². The number of likely N-dealkylation sites (N-methyl/N-ethyl adjacent to an activating group) is 1. The molecule has 3 heteroatoms. The Morgan fingerprint density at radius 3 is 2.46 bits per heavy atom. The van der Waals surface area contributed by atoms with Crippen molar-refractivity contribution in [2.75, 3.05) is 26.7 Å². The minimum Gasteiger partial charge on any atom is -0.390 e. The van der Waals surface area contributed by atoms with E-state index in [1.54, 1.807) is 0 Å². The van der Waals surface area contributed by atoms with E-state index >= 15 is 0 Å². The van der Waals surface area contributed by atoms with E-state index in [-0.39, 0.29) is 6.10 Å². The summed E-state index contributed by atoms with van der Waals surface area (Å²) in [7, 11) is 2.03. The lowest BCUT2D eigenvalue weighted by Gasteiger charge is -2.19. The Kier molecular flexibility index (Phi) is 7.23. The van der Waals surface area contributed by atoms with E-state index in [0.717, 1.165) is 12.5 Å². The molecule has 0 aromatic carbocycles. The Hall–Kier alpha value is -0.120. The van der Waals surface area contributed by atoms with Gasteiger partial charge >= 0.3 is 0 Å². The summed E-state index contributed by atoms with van der Waals surface area (Å²) in [6.45, 7) is 6.56. The Balaban J connectivity index is 3.34. The average Bonchev–Trinajstić information content (AvgIpc) is 2.03. The highest BCUT2D eigenvalue weighted by atomic mass is 16.3. The highest BCUT2D eigenvalue weighted by Crippen LogP contribution is 2.04. The zero-order valence-corrected chi connectivity index (χ0v) is 9.16. The highest BCUT2D eigenvalue weighted by Gasteiger charge is 2.05. The molecule has 0 spiro atoms. The molecular weight excluding hydrogens is 164 g/mol. The van der Waals surface area contributed by atoms with Gasteiger partial charge in [-0.2, -0.15) is 0 Å². The Labute approximate surface area is 81.9 Å². The van der Waals surface area contributed by atoms with E-state index in [2.05, 4.69) is 18.7 Å². The maximum absolute atomic E-state index is 9.27. The van der Waals surface area contributed by atoms with Crippen LogP contribution in [0.2, 0.25) is 0 Å². The molecule has 80 valence electrons. The van der Waals surface area contributed by atoms with Crippen LogP contribution in [0, 0.1) is 5.92 Å². The highest BCUT2D eigenvalue weighted by molar-refractivity contribution is 4.61. The summed E-state index contributed by atoms with van der Waals surface area (Å²) in [6, 6.07) is 0. The molecule has 0 bridgehead atoms. The van der Waals surface area contributed by atoms with Crippen LogP contribution in [0.25, 0.3) is 0 Å². The summed E-state index contributed by atoms with van der Waals surface area (Å²) in [5.74, 6) is 0.771. The molecule has 0 saturated heterocycles. The summed E-state index contributed by atoms with van der Waals surface area (Å²) < 4.78 is 0. The zero-order valence-electron chi connectivity index (χ0n) is 9.16. The van der Waals surface area contributed by atoms with E-state index in [0.29, 0.717) is 13.1 Å². The molecule has 3 N–H and O–H groups in total. The third-order valence-electron chi connectivity index (χ3n) is 2.12. The van der Waals surface area contributed by atoms with Crippen molar-refractivity contribution in [2.45, 2.75) is 32.8 Å². The molecule has 0 amide bonds. The number of nitrogens with two attached hydrogens (primary N) is 1. The van der Waals surface area contributed by atoms with Crippen molar-refractivity contribution in [3.05, 3.63) is 0 Å². The van der Waals surface area contributed by atoms with Crippen LogP contribution in [0.4, 0.5) is 0 Å². The summed E-state index contributed by atoms with van der Waals surface area (Å²) in [5, 5.41) is 9.27. The second-order valence-corrected chi connectivity index (χ2v) is 4.19. The molecule has 1 atom stereocenters. The summed E-state index contributed by atoms with van der Waals surface area (Å²) in [6.07, 6.45) is 2.08. The number of aliphatic hydroxyl groups is 1. The van der Waals surface area contributed by atoms with E-state index in [4.69, 9.17) is 5.73 Å². The smallest absolute Gasteiger partial charge is 0.0788 e. The third kappa shape index (κ3) is 8.22. The molecule has 0 radical (unpaired) electrons. The fourth-order valence-electron chi connectivity index (χ4n) is 1.30. The Morgan fingerprint density at radius 1 is 1.38 bits per heavy atom. The second-order valence-electron chi connectivity index (χ2n) is 4.19. The van der Waals surface area contributed by atoms with E-state index < -0.39 is 0 Å². The van der Waals surface area contributed by atoms with Gasteiger partial charge in [-0.25, -0.2) is 0 Å². The SMILES string of the molecule is CC(C)CCCN(C)CC(O)CN. The van der Waals surface area contributed by atoms with Crippen LogP contribution in [0.15, 0.2) is 0 Å². The van der Waals surface area contributed by atoms with Gasteiger partial charge in [-0.15, -0.1) is 0 Å². The topological polar surface area (TPSA) is 49.5 Å². The first-order valence-electron chi connectivity index (χ1n) is 5.13. The first-order chi connectivity index (χ1) is 6.06. The quantitative estimate of drug-likeness (QED) is 0.617. The minimum absolute atomic E-state index is 0.356. The standard InChI is InChI=1S/C10H24N2O/c1-9(2)5-4-6-12(3)8-10(13)7-11/h9-10,13H,4-8,11H2,1-3H3. The van der Waals surface area contributed by atoms with Crippen molar-refractivity contribution in [3.63, 3.8) is 0 Å². The number of nitrogens with zero attached hydrogens (tertiary/aromatic N) is 1. The van der Waals surface area contributed by atoms with Crippen molar-refractivity contribution >= 4 is 0 Å². The minimum atomic E-state index is -0.371. The number of hydrogen-bond acceptors (Lipinski definition) is 3. The number of rotatable bonds is 7. The van der Waals surface area contributed by atoms with Crippen molar-refractivity contribution in [2.24, 2.45) is 11.7 Å². The molecule has 0 saturated carbocycles. The lowest BCUT2D eigenvalue weighted by molar-refractivity contribution is 0.131. The average molecular weight is 188 g/mol. The van der Waals surface area contributed by atoms with Crippen LogP contribution in [0.5, 0.6) is 0 Å². The Bertz CT molecular complexity index is 117. The van der Waals surface area contributed by atoms with Crippen LogP contribution in [0.3, 0.4) is 0 Å². The van der Waals surface area contributed by atoms with Crippen molar-refractivity contribution in [1.82, 2.24) is 4.90 Å². The fraction of sp³-hybridized carbons (Fsp3) is 1.00. The molecule has 0 aliphatic carbocycles. The monoisotopic (exact) mass is 188 g/mol. The molecule has 3 nitrogen and oxygen atoms in total. The van der Waals surface area contributed by atoms with Crippen LogP contribution >= 0.6 is 0 Å². The first-order valence-corrected chi connectivity index (χ1v) is 5.13. The number of hydrogen-bond donors (Lipinski definition) is 2. The molecule has 0 rings (SSSR count).